The van der Waals surface area contributed by atoms with Gasteiger partial charge in [0.05, 0.1) is 0 Å². The van der Waals surface area contributed by atoms with Gasteiger partial charge in [-0.2, -0.15) is 0 Å². The molecular weight excluding hydrogens is 200 g/mol. The van der Waals surface area contributed by atoms with E-state index in [-0.39, 0.29) is 0 Å². The highest BCUT2D eigenvalue weighted by Gasteiger charge is 2.23. The van der Waals surface area contributed by atoms with Gasteiger partial charge in [-0.15, -0.1) is 0 Å². The highest BCUT2D eigenvalue weighted by atomic mass is 16.4. The van der Waals surface area contributed by atoms with Crippen molar-refractivity contribution in [1.82, 2.24) is 10.6 Å². The number of carbonyl (C=O) groups is 3. The second-order valence-electron chi connectivity index (χ2n) is 4.24. The number of aliphatic carboxylic acids is 1. The van der Waals surface area contributed by atoms with Crippen LogP contribution in [0.15, 0.2) is 0 Å². The van der Waals surface area contributed by atoms with Crippen molar-refractivity contribution >= 4 is 17.8 Å². The first-order valence-corrected chi connectivity index (χ1v) is 4.49. The minimum absolute atomic E-state index is 0.527. The van der Waals surface area contributed by atoms with Gasteiger partial charge in [-0.3, -0.25) is 14.4 Å². The number of amides is 2. The Morgan fingerprint density at radius 3 is 1.93 bits per heavy atom. The molecule has 0 heterocycles. The highest BCUT2D eigenvalue weighted by molar-refractivity contribution is 6.35. The van der Waals surface area contributed by atoms with Gasteiger partial charge in [-0.05, 0) is 27.7 Å². The lowest BCUT2D eigenvalue weighted by molar-refractivity contribution is -0.144. The Morgan fingerprint density at radius 1 is 1.13 bits per heavy atom. The molecule has 0 saturated carbocycles. The van der Waals surface area contributed by atoms with E-state index in [2.05, 4.69) is 10.6 Å². The number of carboxylic acids is 1. The molecule has 1 atom stereocenters. The fourth-order valence-electron chi connectivity index (χ4n) is 0.721. The van der Waals surface area contributed by atoms with Gasteiger partial charge < -0.3 is 15.7 Å². The van der Waals surface area contributed by atoms with E-state index in [1.165, 1.54) is 6.92 Å². The van der Waals surface area contributed by atoms with E-state index in [0.29, 0.717) is 0 Å². The van der Waals surface area contributed by atoms with Crippen LogP contribution in [0.3, 0.4) is 0 Å². The van der Waals surface area contributed by atoms with Gasteiger partial charge in [0, 0.05) is 5.54 Å². The summed E-state index contributed by atoms with van der Waals surface area (Å²) in [7, 11) is 0. The largest absolute Gasteiger partial charge is 0.480 e. The van der Waals surface area contributed by atoms with Crippen LogP contribution >= 0.6 is 0 Å². The Labute approximate surface area is 88.0 Å². The number of hydrogen-bond donors (Lipinski definition) is 3. The van der Waals surface area contributed by atoms with Crippen molar-refractivity contribution in [1.29, 1.82) is 0 Å². The topological polar surface area (TPSA) is 95.5 Å². The van der Waals surface area contributed by atoms with E-state index in [4.69, 9.17) is 5.11 Å². The zero-order valence-electron chi connectivity index (χ0n) is 9.25. The Morgan fingerprint density at radius 2 is 1.60 bits per heavy atom. The quantitative estimate of drug-likeness (QED) is 0.542. The van der Waals surface area contributed by atoms with Crippen molar-refractivity contribution in [3.05, 3.63) is 0 Å². The van der Waals surface area contributed by atoms with Crippen molar-refractivity contribution < 1.29 is 19.5 Å². The minimum Gasteiger partial charge on any atom is -0.480 e. The minimum atomic E-state index is -1.19. The summed E-state index contributed by atoms with van der Waals surface area (Å²) in [5.74, 6) is -2.97. The van der Waals surface area contributed by atoms with E-state index in [1.54, 1.807) is 20.8 Å². The van der Waals surface area contributed by atoms with Gasteiger partial charge in [0.15, 0.2) is 0 Å². The predicted molar refractivity (Wildman–Crippen MR) is 53.1 cm³/mol. The average Bonchev–Trinajstić information content (AvgIpc) is 2.00. The Kier molecular flexibility index (Phi) is 4.26. The monoisotopic (exact) mass is 216 g/mol. The molecule has 6 heteroatoms. The van der Waals surface area contributed by atoms with Crippen LogP contribution in [0, 0.1) is 0 Å². The van der Waals surface area contributed by atoms with Crippen molar-refractivity contribution in [2.24, 2.45) is 0 Å². The third-order valence-corrected chi connectivity index (χ3v) is 1.41. The zero-order chi connectivity index (χ0) is 12.2. The molecule has 3 N–H and O–H groups in total. The summed E-state index contributed by atoms with van der Waals surface area (Å²) < 4.78 is 0. The second-order valence-corrected chi connectivity index (χ2v) is 4.24. The van der Waals surface area contributed by atoms with Crippen LogP contribution in [0.25, 0.3) is 0 Å². The number of rotatable bonds is 2. The molecule has 15 heavy (non-hydrogen) atoms. The number of carboxylic acid groups (broad SMARTS) is 1. The standard InChI is InChI=1S/C9H16N2O4/c1-5(8(14)15)10-6(12)7(13)11-9(2,3)4/h5H,1-4H3,(H,10,12)(H,11,13)(H,14,15)/t5-/m0/s1. The predicted octanol–water partition coefficient (Wildman–Crippen LogP) is -0.510. The van der Waals surface area contributed by atoms with Crippen LogP contribution in [0.2, 0.25) is 0 Å². The van der Waals surface area contributed by atoms with E-state index in [9.17, 15) is 14.4 Å². The maximum atomic E-state index is 11.2. The summed E-state index contributed by atoms with van der Waals surface area (Å²) in [5, 5.41) is 13.0. The van der Waals surface area contributed by atoms with Crippen LogP contribution in [0.1, 0.15) is 27.7 Å². The molecule has 0 aliphatic heterocycles. The summed E-state index contributed by atoms with van der Waals surface area (Å²) in [6.07, 6.45) is 0. The zero-order valence-corrected chi connectivity index (χ0v) is 9.25. The summed E-state index contributed by atoms with van der Waals surface area (Å²) >= 11 is 0. The molecule has 0 aliphatic carbocycles. The van der Waals surface area contributed by atoms with Gasteiger partial charge >= 0.3 is 17.8 Å². The van der Waals surface area contributed by atoms with E-state index in [1.807, 2.05) is 0 Å². The maximum absolute atomic E-state index is 11.2. The van der Waals surface area contributed by atoms with Crippen LogP contribution in [-0.2, 0) is 14.4 Å². The van der Waals surface area contributed by atoms with Crippen LogP contribution in [-0.4, -0.2) is 34.5 Å². The lowest BCUT2D eigenvalue weighted by atomic mass is 10.1. The number of nitrogens with one attached hydrogen (secondary N) is 2. The molecule has 6 nitrogen and oxygen atoms in total. The fraction of sp³-hybridized carbons (Fsp3) is 0.667. The SMILES string of the molecule is C[C@H](NC(=O)C(=O)NC(C)(C)C)C(=O)O. The highest BCUT2D eigenvalue weighted by Crippen LogP contribution is 1.97. The van der Waals surface area contributed by atoms with Crippen molar-refractivity contribution in [2.45, 2.75) is 39.3 Å². The normalized spacial score (nSPS) is 12.8. The molecule has 86 valence electrons. The molecule has 0 fully saturated rings. The van der Waals surface area contributed by atoms with E-state index < -0.39 is 29.4 Å². The first-order valence-electron chi connectivity index (χ1n) is 4.49. The van der Waals surface area contributed by atoms with Gasteiger partial charge in [0.1, 0.15) is 6.04 Å². The average molecular weight is 216 g/mol. The molecule has 0 aromatic rings. The van der Waals surface area contributed by atoms with E-state index in [0.717, 1.165) is 0 Å². The molecule has 0 spiro atoms. The molecule has 0 bridgehead atoms. The smallest absolute Gasteiger partial charge is 0.325 e. The van der Waals surface area contributed by atoms with Gasteiger partial charge in [0.2, 0.25) is 0 Å². The van der Waals surface area contributed by atoms with Crippen molar-refractivity contribution in [2.75, 3.05) is 0 Å². The summed E-state index contributed by atoms with van der Waals surface area (Å²) in [4.78, 5) is 32.7. The Balaban J connectivity index is 4.24. The second kappa shape index (κ2) is 4.77. The van der Waals surface area contributed by atoms with Crippen LogP contribution < -0.4 is 10.6 Å². The molecule has 2 amide bonds. The molecule has 0 aliphatic rings. The van der Waals surface area contributed by atoms with Crippen molar-refractivity contribution in [3.63, 3.8) is 0 Å². The molecule has 0 unspecified atom stereocenters. The van der Waals surface area contributed by atoms with E-state index >= 15 is 0 Å². The summed E-state index contributed by atoms with van der Waals surface area (Å²) in [6, 6.07) is -1.08. The van der Waals surface area contributed by atoms with Crippen LogP contribution in [0.4, 0.5) is 0 Å². The molecule has 0 saturated heterocycles. The Hall–Kier alpha value is -1.59. The van der Waals surface area contributed by atoms with Crippen LogP contribution in [0.5, 0.6) is 0 Å². The molecule has 0 radical (unpaired) electrons. The first-order chi connectivity index (χ1) is 6.63. The van der Waals surface area contributed by atoms with Crippen molar-refractivity contribution in [3.8, 4) is 0 Å². The molecular formula is C9H16N2O4. The summed E-state index contributed by atoms with van der Waals surface area (Å²) in [6.45, 7) is 6.45. The lowest BCUT2D eigenvalue weighted by Gasteiger charge is -2.20. The third-order valence-electron chi connectivity index (χ3n) is 1.41. The Bertz CT molecular complexity index is 280. The molecule has 0 rings (SSSR count). The maximum Gasteiger partial charge on any atom is 0.325 e. The van der Waals surface area contributed by atoms with Gasteiger partial charge in [-0.25, -0.2) is 0 Å². The summed E-state index contributed by atoms with van der Waals surface area (Å²) in [5.41, 5.74) is -0.527. The first kappa shape index (κ1) is 13.4. The number of hydrogen-bond acceptors (Lipinski definition) is 3. The number of carbonyl (C=O) groups excluding carboxylic acids is 2. The van der Waals surface area contributed by atoms with Gasteiger partial charge in [0.25, 0.3) is 0 Å². The molecule has 0 aromatic heterocycles. The lowest BCUT2D eigenvalue weighted by Crippen LogP contribution is -2.51. The fourth-order valence-corrected chi connectivity index (χ4v) is 0.721. The van der Waals surface area contributed by atoms with Gasteiger partial charge in [-0.1, -0.05) is 0 Å². The third kappa shape index (κ3) is 5.66. The molecule has 0 aromatic carbocycles.